The van der Waals surface area contributed by atoms with Crippen LogP contribution in [0.25, 0.3) is 0 Å². The predicted molar refractivity (Wildman–Crippen MR) is 88.8 cm³/mol. The highest BCUT2D eigenvalue weighted by molar-refractivity contribution is 6.35. The summed E-state index contributed by atoms with van der Waals surface area (Å²) >= 11 is 11.9. The molecule has 1 heterocycles. The van der Waals surface area contributed by atoms with Crippen LogP contribution in [0.2, 0.25) is 10.0 Å². The first-order valence-corrected chi connectivity index (χ1v) is 8.07. The third-order valence-corrected chi connectivity index (χ3v) is 4.25. The fraction of sp³-hybridized carbons (Fsp3) is 0.312. The molecule has 7 heteroatoms. The lowest BCUT2D eigenvalue weighted by Gasteiger charge is -2.09. The van der Waals surface area contributed by atoms with Crippen LogP contribution in [0.4, 0.5) is 0 Å². The first-order valence-electron chi connectivity index (χ1n) is 7.31. The number of benzene rings is 1. The molecule has 1 amide bonds. The molecular weight excluding hydrogens is 337 g/mol. The molecule has 0 bridgehead atoms. The number of halogens is 2. The standard InChI is InChI=1S/C16H15Cl2N3O2/c17-12-4-3-11(13(18)7-12)8-19-15(22)9-21-16(23)6-5-14(20-21)10-1-2-10/h3-7,10H,1-2,8-9H2,(H,19,22). The fourth-order valence-electron chi connectivity index (χ4n) is 2.23. The van der Waals surface area contributed by atoms with E-state index in [0.717, 1.165) is 24.1 Å². The Hall–Kier alpha value is -1.85. The Balaban J connectivity index is 1.63. The lowest BCUT2D eigenvalue weighted by molar-refractivity contribution is -0.122. The van der Waals surface area contributed by atoms with Crippen molar-refractivity contribution >= 4 is 29.1 Å². The van der Waals surface area contributed by atoms with E-state index in [1.165, 1.54) is 10.7 Å². The topological polar surface area (TPSA) is 64.0 Å². The minimum absolute atomic E-state index is 0.107. The van der Waals surface area contributed by atoms with E-state index in [0.29, 0.717) is 16.0 Å². The highest BCUT2D eigenvalue weighted by Crippen LogP contribution is 2.38. The highest BCUT2D eigenvalue weighted by Gasteiger charge is 2.25. The summed E-state index contributed by atoms with van der Waals surface area (Å²) in [5, 5.41) is 8.02. The van der Waals surface area contributed by atoms with Crippen molar-refractivity contribution in [3.8, 4) is 0 Å². The van der Waals surface area contributed by atoms with Crippen molar-refractivity contribution in [1.29, 1.82) is 0 Å². The minimum atomic E-state index is -0.293. The monoisotopic (exact) mass is 351 g/mol. The van der Waals surface area contributed by atoms with Gasteiger partial charge in [0.1, 0.15) is 6.54 Å². The van der Waals surface area contributed by atoms with E-state index in [4.69, 9.17) is 23.2 Å². The molecule has 1 aliphatic rings. The Kier molecular flexibility index (Phi) is 4.68. The van der Waals surface area contributed by atoms with Gasteiger partial charge in [-0.1, -0.05) is 29.3 Å². The zero-order chi connectivity index (χ0) is 16.4. The number of rotatable bonds is 5. The Labute approximate surface area is 143 Å². The molecule has 23 heavy (non-hydrogen) atoms. The van der Waals surface area contributed by atoms with Crippen LogP contribution < -0.4 is 10.9 Å². The van der Waals surface area contributed by atoms with Gasteiger partial charge in [-0.2, -0.15) is 5.10 Å². The average Bonchev–Trinajstić information content (AvgIpc) is 3.33. The molecule has 5 nitrogen and oxygen atoms in total. The van der Waals surface area contributed by atoms with E-state index in [2.05, 4.69) is 10.4 Å². The predicted octanol–water partition coefficient (Wildman–Crippen LogP) is 2.74. The molecule has 1 saturated carbocycles. The number of carbonyl (C=O) groups excluding carboxylic acids is 1. The Morgan fingerprint density at radius 3 is 2.74 bits per heavy atom. The Bertz CT molecular complexity index is 800. The number of nitrogens with one attached hydrogen (secondary N) is 1. The second-order valence-electron chi connectivity index (χ2n) is 5.54. The van der Waals surface area contributed by atoms with Gasteiger partial charge in [0.15, 0.2) is 0 Å². The van der Waals surface area contributed by atoms with Gasteiger partial charge in [0.25, 0.3) is 5.56 Å². The zero-order valence-corrected chi connectivity index (χ0v) is 13.8. The van der Waals surface area contributed by atoms with Gasteiger partial charge in [-0.25, -0.2) is 4.68 Å². The Morgan fingerprint density at radius 2 is 2.04 bits per heavy atom. The van der Waals surface area contributed by atoms with Gasteiger partial charge >= 0.3 is 0 Å². The van der Waals surface area contributed by atoms with Crippen LogP contribution in [0.1, 0.15) is 30.0 Å². The molecule has 0 saturated heterocycles. The molecule has 1 aliphatic carbocycles. The minimum Gasteiger partial charge on any atom is -0.350 e. The number of nitrogens with zero attached hydrogens (tertiary/aromatic N) is 2. The molecular formula is C16H15Cl2N3O2. The molecule has 1 fully saturated rings. The zero-order valence-electron chi connectivity index (χ0n) is 12.3. The van der Waals surface area contributed by atoms with Crippen LogP contribution in [-0.4, -0.2) is 15.7 Å². The number of carbonyl (C=O) groups is 1. The van der Waals surface area contributed by atoms with E-state index in [9.17, 15) is 9.59 Å². The van der Waals surface area contributed by atoms with Crippen LogP contribution in [0.5, 0.6) is 0 Å². The maximum absolute atomic E-state index is 12.0. The molecule has 0 unspecified atom stereocenters. The number of amides is 1. The van der Waals surface area contributed by atoms with Crippen LogP contribution in [-0.2, 0) is 17.9 Å². The van der Waals surface area contributed by atoms with Gasteiger partial charge in [-0.3, -0.25) is 9.59 Å². The summed E-state index contributed by atoms with van der Waals surface area (Å²) in [5.41, 5.74) is 1.35. The summed E-state index contributed by atoms with van der Waals surface area (Å²) in [6, 6.07) is 8.28. The molecule has 3 rings (SSSR count). The van der Waals surface area contributed by atoms with E-state index in [1.54, 1.807) is 24.3 Å². The lowest BCUT2D eigenvalue weighted by atomic mass is 10.2. The van der Waals surface area contributed by atoms with Crippen LogP contribution in [0.3, 0.4) is 0 Å². The van der Waals surface area contributed by atoms with Crippen molar-refractivity contribution in [2.75, 3.05) is 0 Å². The third kappa shape index (κ3) is 4.12. The quantitative estimate of drug-likeness (QED) is 0.900. The van der Waals surface area contributed by atoms with Gasteiger partial charge < -0.3 is 5.32 Å². The number of hydrogen-bond acceptors (Lipinski definition) is 3. The lowest BCUT2D eigenvalue weighted by Crippen LogP contribution is -2.33. The van der Waals surface area contributed by atoms with Gasteiger partial charge in [-0.15, -0.1) is 0 Å². The third-order valence-electron chi connectivity index (χ3n) is 3.67. The second-order valence-corrected chi connectivity index (χ2v) is 6.38. The summed E-state index contributed by atoms with van der Waals surface area (Å²) in [5.74, 6) is 0.136. The molecule has 0 atom stereocenters. The summed E-state index contributed by atoms with van der Waals surface area (Å²) < 4.78 is 1.20. The van der Waals surface area contributed by atoms with Crippen molar-refractivity contribution in [1.82, 2.24) is 15.1 Å². The molecule has 120 valence electrons. The van der Waals surface area contributed by atoms with Gasteiger partial charge in [0.2, 0.25) is 5.91 Å². The van der Waals surface area contributed by atoms with E-state index < -0.39 is 0 Å². The van der Waals surface area contributed by atoms with Gasteiger partial charge in [0.05, 0.1) is 5.69 Å². The number of hydrogen-bond donors (Lipinski definition) is 1. The van der Waals surface area contributed by atoms with Gasteiger partial charge in [0, 0.05) is 28.6 Å². The number of aromatic nitrogens is 2. The summed E-state index contributed by atoms with van der Waals surface area (Å²) in [7, 11) is 0. The SMILES string of the molecule is O=C(Cn1nc(C2CC2)ccc1=O)NCc1ccc(Cl)cc1Cl. The molecule has 2 aromatic rings. The molecule has 1 N–H and O–H groups in total. The molecule has 1 aromatic carbocycles. The van der Waals surface area contributed by atoms with Crippen LogP contribution >= 0.6 is 23.2 Å². The van der Waals surface area contributed by atoms with E-state index in [-0.39, 0.29) is 24.6 Å². The van der Waals surface area contributed by atoms with Crippen molar-refractivity contribution in [3.05, 3.63) is 62.0 Å². The smallest absolute Gasteiger partial charge is 0.267 e. The summed E-state index contributed by atoms with van der Waals surface area (Å²) in [6.07, 6.45) is 2.18. The normalized spacial score (nSPS) is 13.8. The fourth-order valence-corrected chi connectivity index (χ4v) is 2.70. The highest BCUT2D eigenvalue weighted by atomic mass is 35.5. The summed E-state index contributed by atoms with van der Waals surface area (Å²) in [6.45, 7) is 0.163. The van der Waals surface area contributed by atoms with E-state index >= 15 is 0 Å². The Morgan fingerprint density at radius 1 is 1.26 bits per heavy atom. The molecule has 0 spiro atoms. The van der Waals surface area contributed by atoms with Crippen molar-refractivity contribution in [2.45, 2.75) is 31.8 Å². The summed E-state index contributed by atoms with van der Waals surface area (Å²) in [4.78, 5) is 23.8. The second kappa shape index (κ2) is 6.72. The maximum atomic E-state index is 12.0. The molecule has 0 radical (unpaired) electrons. The molecule has 1 aromatic heterocycles. The van der Waals surface area contributed by atoms with Crippen molar-refractivity contribution in [2.24, 2.45) is 0 Å². The van der Waals surface area contributed by atoms with Crippen LogP contribution in [0.15, 0.2) is 35.1 Å². The van der Waals surface area contributed by atoms with Gasteiger partial charge in [-0.05, 0) is 36.6 Å². The van der Waals surface area contributed by atoms with E-state index in [1.807, 2.05) is 0 Å². The van der Waals surface area contributed by atoms with Crippen LogP contribution in [0, 0.1) is 0 Å². The maximum Gasteiger partial charge on any atom is 0.267 e. The average molecular weight is 352 g/mol. The largest absolute Gasteiger partial charge is 0.350 e. The molecule has 0 aliphatic heterocycles. The van der Waals surface area contributed by atoms with Crippen molar-refractivity contribution in [3.63, 3.8) is 0 Å². The first kappa shape index (κ1) is 16.0. The first-order chi connectivity index (χ1) is 11.0. The van der Waals surface area contributed by atoms with Crippen molar-refractivity contribution < 1.29 is 4.79 Å².